The molecule has 2 amide bonds. The van der Waals surface area contributed by atoms with Crippen LogP contribution in [0, 0.1) is 11.7 Å². The van der Waals surface area contributed by atoms with Gasteiger partial charge in [0.25, 0.3) is 0 Å². The average molecular weight is 374 g/mol. The van der Waals surface area contributed by atoms with Gasteiger partial charge < -0.3 is 21.1 Å². The number of hydrogen-bond acceptors (Lipinski definition) is 4. The van der Waals surface area contributed by atoms with Crippen molar-refractivity contribution in [3.8, 4) is 5.75 Å². The number of nitrogens with two attached hydrogens (primary N) is 1. The molecule has 1 atom stereocenters. The van der Waals surface area contributed by atoms with Gasteiger partial charge in [0.15, 0.2) is 11.6 Å². The van der Waals surface area contributed by atoms with Crippen molar-refractivity contribution < 1.29 is 18.7 Å². The summed E-state index contributed by atoms with van der Waals surface area (Å²) in [7, 11) is 0. The van der Waals surface area contributed by atoms with Crippen LogP contribution in [0.3, 0.4) is 0 Å². The Labute approximate surface area is 153 Å². The van der Waals surface area contributed by atoms with Gasteiger partial charge in [0.05, 0.1) is 18.7 Å². The van der Waals surface area contributed by atoms with E-state index in [0.29, 0.717) is 5.69 Å². The lowest BCUT2D eigenvalue weighted by Gasteiger charge is -2.26. The zero-order valence-corrected chi connectivity index (χ0v) is 15.2. The molecule has 0 bridgehead atoms. The normalized spacial score (nSPS) is 14.9. The molecule has 8 heteroatoms. The average Bonchev–Trinajstić information content (AvgIpc) is 2.49. The highest BCUT2D eigenvalue weighted by molar-refractivity contribution is 5.95. The Morgan fingerprint density at radius 1 is 1.36 bits per heavy atom. The molecular weight excluding hydrogens is 349 g/mol. The number of hydrogen-bond donors (Lipinski definition) is 3. The van der Waals surface area contributed by atoms with E-state index < -0.39 is 23.7 Å². The van der Waals surface area contributed by atoms with Crippen LogP contribution in [-0.4, -0.2) is 30.5 Å². The Bertz CT molecular complexity index is 609. The minimum Gasteiger partial charge on any atom is -0.487 e. The molecule has 2 rings (SSSR count). The minimum absolute atomic E-state index is 0. The first-order chi connectivity index (χ1) is 11.4. The second kappa shape index (κ2) is 9.58. The van der Waals surface area contributed by atoms with Gasteiger partial charge in [0, 0.05) is 11.8 Å². The Morgan fingerprint density at radius 2 is 2.04 bits per heavy atom. The smallest absolute Gasteiger partial charge is 0.243 e. The maximum atomic E-state index is 14.0. The van der Waals surface area contributed by atoms with Crippen molar-refractivity contribution in [1.29, 1.82) is 0 Å². The second-order valence-electron chi connectivity index (χ2n) is 6.35. The molecule has 1 aromatic rings. The van der Waals surface area contributed by atoms with Crippen LogP contribution in [0.15, 0.2) is 18.2 Å². The van der Waals surface area contributed by atoms with Crippen molar-refractivity contribution >= 4 is 29.9 Å². The quantitative estimate of drug-likeness (QED) is 0.683. The molecule has 1 saturated carbocycles. The molecule has 1 fully saturated rings. The molecule has 140 valence electrons. The van der Waals surface area contributed by atoms with Crippen molar-refractivity contribution in [2.75, 3.05) is 11.9 Å². The van der Waals surface area contributed by atoms with Gasteiger partial charge in [-0.2, -0.15) is 0 Å². The van der Waals surface area contributed by atoms with E-state index in [-0.39, 0.29) is 36.7 Å². The summed E-state index contributed by atoms with van der Waals surface area (Å²) in [4.78, 5) is 23.5. The second-order valence-corrected chi connectivity index (χ2v) is 6.35. The summed E-state index contributed by atoms with van der Waals surface area (Å²) in [6.07, 6.45) is 3.07. The molecule has 0 radical (unpaired) electrons. The topological polar surface area (TPSA) is 93.5 Å². The van der Waals surface area contributed by atoms with Gasteiger partial charge in [-0.05, 0) is 37.3 Å². The summed E-state index contributed by atoms with van der Waals surface area (Å²) in [5.74, 6) is -1.20. The molecule has 0 saturated heterocycles. The molecule has 0 aromatic heterocycles. The fourth-order valence-corrected chi connectivity index (χ4v) is 2.14. The van der Waals surface area contributed by atoms with Crippen LogP contribution in [0.2, 0.25) is 0 Å². The predicted molar refractivity (Wildman–Crippen MR) is 96.4 cm³/mol. The van der Waals surface area contributed by atoms with Crippen LogP contribution in [-0.2, 0) is 9.59 Å². The molecule has 6 nitrogen and oxygen atoms in total. The van der Waals surface area contributed by atoms with Gasteiger partial charge in [-0.15, -0.1) is 12.4 Å². The Balaban J connectivity index is 0.00000312. The highest BCUT2D eigenvalue weighted by Gasteiger charge is 2.21. The molecule has 1 aliphatic rings. The van der Waals surface area contributed by atoms with Crippen molar-refractivity contribution in [2.24, 2.45) is 11.7 Å². The largest absolute Gasteiger partial charge is 0.487 e. The number of carbonyl (C=O) groups is 2. The fourth-order valence-electron chi connectivity index (χ4n) is 2.14. The number of amides is 2. The van der Waals surface area contributed by atoms with Gasteiger partial charge in [-0.25, -0.2) is 4.39 Å². The van der Waals surface area contributed by atoms with Gasteiger partial charge in [0.1, 0.15) is 0 Å². The van der Waals surface area contributed by atoms with E-state index in [1.807, 2.05) is 13.8 Å². The van der Waals surface area contributed by atoms with Crippen molar-refractivity contribution in [3.63, 3.8) is 0 Å². The van der Waals surface area contributed by atoms with E-state index in [4.69, 9.17) is 10.5 Å². The lowest BCUT2D eigenvalue weighted by molar-refractivity contribution is -0.125. The first kappa shape index (κ1) is 21.2. The fraction of sp³-hybridized carbons (Fsp3) is 0.529. The molecule has 1 aromatic carbocycles. The summed E-state index contributed by atoms with van der Waals surface area (Å²) >= 11 is 0. The molecule has 0 aliphatic heterocycles. The SMILES string of the molecule is CC(C)[C@H](N)C(=O)NCC(=O)Nc1ccc(OC2CCC2)c(F)c1.Cl. The van der Waals surface area contributed by atoms with Crippen molar-refractivity contribution in [1.82, 2.24) is 5.32 Å². The first-order valence-electron chi connectivity index (χ1n) is 8.16. The predicted octanol–water partition coefficient (Wildman–Crippen LogP) is 2.22. The summed E-state index contributed by atoms with van der Waals surface area (Å²) in [5, 5.41) is 4.98. The minimum atomic E-state index is -0.668. The number of nitrogens with one attached hydrogen (secondary N) is 2. The van der Waals surface area contributed by atoms with Crippen LogP contribution < -0.4 is 21.1 Å². The van der Waals surface area contributed by atoms with E-state index in [0.717, 1.165) is 19.3 Å². The Kier molecular flexibility index (Phi) is 8.12. The van der Waals surface area contributed by atoms with Gasteiger partial charge in [0.2, 0.25) is 11.8 Å². The van der Waals surface area contributed by atoms with E-state index in [2.05, 4.69) is 10.6 Å². The lowest BCUT2D eigenvalue weighted by Crippen LogP contribution is -2.46. The van der Waals surface area contributed by atoms with E-state index in [1.165, 1.54) is 12.1 Å². The molecule has 0 spiro atoms. The van der Waals surface area contributed by atoms with Crippen LogP contribution in [0.4, 0.5) is 10.1 Å². The van der Waals surface area contributed by atoms with Crippen LogP contribution in [0.5, 0.6) is 5.75 Å². The molecule has 0 unspecified atom stereocenters. The third-order valence-corrected chi connectivity index (χ3v) is 4.01. The molecular formula is C17H25ClFN3O3. The zero-order valence-electron chi connectivity index (χ0n) is 14.4. The maximum Gasteiger partial charge on any atom is 0.243 e. The monoisotopic (exact) mass is 373 g/mol. The molecule has 4 N–H and O–H groups in total. The lowest BCUT2D eigenvalue weighted by atomic mass is 9.96. The Morgan fingerprint density at radius 3 is 2.56 bits per heavy atom. The number of benzene rings is 1. The summed E-state index contributed by atoms with van der Waals surface area (Å²) in [6.45, 7) is 3.42. The number of ether oxygens (including phenoxy) is 1. The van der Waals surface area contributed by atoms with Crippen LogP contribution in [0.25, 0.3) is 0 Å². The standard InChI is InChI=1S/C17H24FN3O3.ClH/c1-10(2)16(19)17(23)20-9-15(22)21-11-6-7-14(13(18)8-11)24-12-4-3-5-12;/h6-8,10,12,16H,3-5,9,19H2,1-2H3,(H,20,23)(H,21,22);1H/t16-;/m0./s1. The highest BCUT2D eigenvalue weighted by atomic mass is 35.5. The highest BCUT2D eigenvalue weighted by Crippen LogP contribution is 2.28. The summed E-state index contributed by atoms with van der Waals surface area (Å²) in [5.41, 5.74) is 5.99. The molecule has 0 heterocycles. The van der Waals surface area contributed by atoms with E-state index in [1.54, 1.807) is 6.07 Å². The van der Waals surface area contributed by atoms with Crippen molar-refractivity contribution in [3.05, 3.63) is 24.0 Å². The summed E-state index contributed by atoms with van der Waals surface area (Å²) in [6, 6.07) is 3.60. The third kappa shape index (κ3) is 6.17. The van der Waals surface area contributed by atoms with E-state index in [9.17, 15) is 14.0 Å². The summed E-state index contributed by atoms with van der Waals surface area (Å²) < 4.78 is 19.5. The Hall–Kier alpha value is -1.86. The van der Waals surface area contributed by atoms with Gasteiger partial charge in [-0.1, -0.05) is 13.8 Å². The number of anilines is 1. The number of carbonyl (C=O) groups excluding carboxylic acids is 2. The van der Waals surface area contributed by atoms with E-state index >= 15 is 0 Å². The third-order valence-electron chi connectivity index (χ3n) is 4.01. The first-order valence-corrected chi connectivity index (χ1v) is 8.16. The zero-order chi connectivity index (χ0) is 17.7. The van der Waals surface area contributed by atoms with Gasteiger partial charge >= 0.3 is 0 Å². The molecule has 25 heavy (non-hydrogen) atoms. The van der Waals surface area contributed by atoms with Crippen LogP contribution >= 0.6 is 12.4 Å². The maximum absolute atomic E-state index is 14.0. The van der Waals surface area contributed by atoms with Crippen LogP contribution in [0.1, 0.15) is 33.1 Å². The number of rotatable bonds is 7. The van der Waals surface area contributed by atoms with Gasteiger partial charge in [-0.3, -0.25) is 9.59 Å². The number of halogens is 2. The molecule has 1 aliphatic carbocycles. The van der Waals surface area contributed by atoms with Crippen molar-refractivity contribution in [2.45, 2.75) is 45.3 Å².